The SMILES string of the molecule is Cc1cc2cc3sc(C#Cc4ccccc4)cc3cc2s1. The predicted octanol–water partition coefficient (Wildman–Crippen LogP) is 5.82. The molecule has 2 heteroatoms. The largest absolute Gasteiger partial charge is 0.141 e. The molecule has 0 atom stereocenters. The molecule has 0 aliphatic heterocycles. The summed E-state index contributed by atoms with van der Waals surface area (Å²) in [5.74, 6) is 6.51. The fraction of sp³-hybridized carbons (Fsp3) is 0.0526. The van der Waals surface area contributed by atoms with Gasteiger partial charge in [-0.1, -0.05) is 30.0 Å². The zero-order chi connectivity index (χ0) is 14.2. The van der Waals surface area contributed by atoms with Crippen molar-refractivity contribution in [3.8, 4) is 11.8 Å². The van der Waals surface area contributed by atoms with Crippen molar-refractivity contribution in [3.63, 3.8) is 0 Å². The van der Waals surface area contributed by atoms with Gasteiger partial charge >= 0.3 is 0 Å². The van der Waals surface area contributed by atoms with E-state index in [0.29, 0.717) is 0 Å². The predicted molar refractivity (Wildman–Crippen MR) is 94.4 cm³/mol. The van der Waals surface area contributed by atoms with Crippen LogP contribution in [0.1, 0.15) is 15.3 Å². The quantitative estimate of drug-likeness (QED) is 0.359. The summed E-state index contributed by atoms with van der Waals surface area (Å²) >= 11 is 3.63. The highest BCUT2D eigenvalue weighted by Gasteiger charge is 2.04. The maximum Gasteiger partial charge on any atom is 0.0784 e. The molecule has 4 aromatic rings. The topological polar surface area (TPSA) is 0 Å². The van der Waals surface area contributed by atoms with Gasteiger partial charge in [-0.2, -0.15) is 0 Å². The monoisotopic (exact) mass is 304 g/mol. The number of hydrogen-bond donors (Lipinski definition) is 0. The van der Waals surface area contributed by atoms with Crippen LogP contribution in [0.2, 0.25) is 0 Å². The molecular weight excluding hydrogens is 292 g/mol. The third-order valence-electron chi connectivity index (χ3n) is 3.38. The van der Waals surface area contributed by atoms with Crippen molar-refractivity contribution < 1.29 is 0 Å². The van der Waals surface area contributed by atoms with Gasteiger partial charge in [0.05, 0.1) is 4.88 Å². The minimum Gasteiger partial charge on any atom is -0.141 e. The maximum atomic E-state index is 3.28. The lowest BCUT2D eigenvalue weighted by molar-refractivity contribution is 1.65. The van der Waals surface area contributed by atoms with E-state index in [1.54, 1.807) is 11.3 Å². The van der Waals surface area contributed by atoms with Crippen LogP contribution in [-0.2, 0) is 0 Å². The van der Waals surface area contributed by atoms with Gasteiger partial charge < -0.3 is 0 Å². The Kier molecular flexibility index (Phi) is 3.03. The molecule has 2 heterocycles. The van der Waals surface area contributed by atoms with Gasteiger partial charge in [-0.25, -0.2) is 0 Å². The second-order valence-corrected chi connectivity index (χ2v) is 7.38. The lowest BCUT2D eigenvalue weighted by Crippen LogP contribution is -1.70. The minimum atomic E-state index is 1.06. The highest BCUT2D eigenvalue weighted by atomic mass is 32.1. The molecule has 0 bridgehead atoms. The highest BCUT2D eigenvalue weighted by Crippen LogP contribution is 2.33. The van der Waals surface area contributed by atoms with Crippen LogP contribution in [0.5, 0.6) is 0 Å². The summed E-state index contributed by atoms with van der Waals surface area (Å²) in [5, 5.41) is 2.64. The Labute approximate surface area is 131 Å². The molecule has 2 aromatic carbocycles. The molecule has 0 unspecified atom stereocenters. The van der Waals surface area contributed by atoms with Crippen LogP contribution in [0.15, 0.2) is 54.6 Å². The zero-order valence-electron chi connectivity index (χ0n) is 11.5. The molecule has 0 saturated heterocycles. The first-order valence-electron chi connectivity index (χ1n) is 6.79. The molecule has 0 radical (unpaired) electrons. The lowest BCUT2D eigenvalue weighted by Gasteiger charge is -1.89. The van der Waals surface area contributed by atoms with Crippen molar-refractivity contribution in [2.75, 3.05) is 0 Å². The van der Waals surface area contributed by atoms with Crippen LogP contribution in [-0.4, -0.2) is 0 Å². The van der Waals surface area contributed by atoms with Gasteiger partial charge in [-0.15, -0.1) is 22.7 Å². The van der Waals surface area contributed by atoms with E-state index in [0.717, 1.165) is 10.4 Å². The summed E-state index contributed by atoms with van der Waals surface area (Å²) in [6.45, 7) is 2.16. The molecule has 0 N–H and O–H groups in total. The first-order chi connectivity index (χ1) is 10.3. The van der Waals surface area contributed by atoms with Crippen LogP contribution >= 0.6 is 22.7 Å². The van der Waals surface area contributed by atoms with E-state index in [1.807, 2.05) is 41.7 Å². The number of hydrogen-bond acceptors (Lipinski definition) is 2. The van der Waals surface area contributed by atoms with Crippen LogP contribution in [0.3, 0.4) is 0 Å². The van der Waals surface area contributed by atoms with E-state index in [9.17, 15) is 0 Å². The molecule has 0 nitrogen and oxygen atoms in total. The van der Waals surface area contributed by atoms with Crippen molar-refractivity contribution in [3.05, 3.63) is 69.9 Å². The van der Waals surface area contributed by atoms with Crippen molar-refractivity contribution >= 4 is 42.8 Å². The van der Waals surface area contributed by atoms with E-state index in [4.69, 9.17) is 0 Å². The number of rotatable bonds is 0. The Balaban J connectivity index is 1.79. The zero-order valence-corrected chi connectivity index (χ0v) is 13.1. The molecule has 2 aromatic heterocycles. The second kappa shape index (κ2) is 5.04. The minimum absolute atomic E-state index is 1.06. The Morgan fingerprint density at radius 2 is 1.48 bits per heavy atom. The summed E-state index contributed by atoms with van der Waals surface area (Å²) in [6.07, 6.45) is 0. The van der Waals surface area contributed by atoms with E-state index < -0.39 is 0 Å². The van der Waals surface area contributed by atoms with Gasteiger partial charge in [0.25, 0.3) is 0 Å². The summed E-state index contributed by atoms with van der Waals surface area (Å²) in [7, 11) is 0. The first-order valence-corrected chi connectivity index (χ1v) is 8.42. The number of benzene rings is 2. The molecule has 0 saturated carbocycles. The smallest absolute Gasteiger partial charge is 0.0784 e. The Morgan fingerprint density at radius 3 is 2.29 bits per heavy atom. The summed E-state index contributed by atoms with van der Waals surface area (Å²) in [5.41, 5.74) is 1.06. The average Bonchev–Trinajstić information content (AvgIpc) is 3.04. The van der Waals surface area contributed by atoms with Crippen LogP contribution in [0.25, 0.3) is 20.2 Å². The highest BCUT2D eigenvalue weighted by molar-refractivity contribution is 7.21. The average molecular weight is 304 g/mol. The third kappa shape index (κ3) is 2.47. The fourth-order valence-corrected chi connectivity index (χ4v) is 4.32. The number of aryl methyl sites for hydroxylation is 1. The Morgan fingerprint density at radius 1 is 0.762 bits per heavy atom. The van der Waals surface area contributed by atoms with Gasteiger partial charge in [0.1, 0.15) is 0 Å². The van der Waals surface area contributed by atoms with Crippen molar-refractivity contribution in [2.45, 2.75) is 6.92 Å². The van der Waals surface area contributed by atoms with Gasteiger partial charge in [-0.05, 0) is 54.1 Å². The molecule has 0 aliphatic rings. The van der Waals surface area contributed by atoms with Gasteiger partial charge in [0.2, 0.25) is 0 Å². The number of fused-ring (bicyclic) bond motifs is 2. The molecule has 0 fully saturated rings. The summed E-state index contributed by atoms with van der Waals surface area (Å²) in [6, 6.07) is 19.2. The number of thiophene rings is 2. The first kappa shape index (κ1) is 12.6. The van der Waals surface area contributed by atoms with Crippen LogP contribution in [0.4, 0.5) is 0 Å². The van der Waals surface area contributed by atoms with E-state index in [-0.39, 0.29) is 0 Å². The molecule has 100 valence electrons. The van der Waals surface area contributed by atoms with Crippen LogP contribution < -0.4 is 0 Å². The van der Waals surface area contributed by atoms with Crippen molar-refractivity contribution in [2.24, 2.45) is 0 Å². The summed E-state index contributed by atoms with van der Waals surface area (Å²) in [4.78, 5) is 2.50. The van der Waals surface area contributed by atoms with E-state index in [1.165, 1.54) is 25.0 Å². The standard InChI is InChI=1S/C19H12S2/c1-13-9-15-11-19-16(12-18(15)20-13)10-17(21-19)8-7-14-5-3-2-4-6-14/h2-6,9-12H,1H3. The molecule has 0 aliphatic carbocycles. The second-order valence-electron chi connectivity index (χ2n) is 5.01. The third-order valence-corrected chi connectivity index (χ3v) is 5.41. The Hall–Kier alpha value is -2.08. The maximum absolute atomic E-state index is 3.28. The van der Waals surface area contributed by atoms with E-state index in [2.05, 4.69) is 43.0 Å². The lowest BCUT2D eigenvalue weighted by atomic mass is 10.2. The van der Waals surface area contributed by atoms with Crippen molar-refractivity contribution in [1.82, 2.24) is 0 Å². The van der Waals surface area contributed by atoms with Crippen LogP contribution in [0, 0.1) is 18.8 Å². The molecule has 0 amide bonds. The molecule has 21 heavy (non-hydrogen) atoms. The van der Waals surface area contributed by atoms with Gasteiger partial charge in [-0.3, -0.25) is 0 Å². The Bertz CT molecular complexity index is 941. The fourth-order valence-electron chi connectivity index (χ4n) is 2.42. The normalized spacial score (nSPS) is 10.7. The van der Waals surface area contributed by atoms with Gasteiger partial charge in [0.15, 0.2) is 0 Å². The summed E-state index contributed by atoms with van der Waals surface area (Å²) < 4.78 is 2.68. The molecular formula is C19H12S2. The molecule has 0 spiro atoms. The van der Waals surface area contributed by atoms with Gasteiger partial charge in [0, 0.05) is 19.8 Å². The van der Waals surface area contributed by atoms with Crippen molar-refractivity contribution in [1.29, 1.82) is 0 Å². The van der Waals surface area contributed by atoms with E-state index >= 15 is 0 Å². The molecule has 4 rings (SSSR count).